The molecule has 0 aliphatic heterocycles. The van der Waals surface area contributed by atoms with E-state index < -0.39 is 5.82 Å². The van der Waals surface area contributed by atoms with Gasteiger partial charge in [0.2, 0.25) is 0 Å². The number of benzene rings is 1. The largest absolute Gasteiger partial charge is 0.385 e. The lowest BCUT2D eigenvalue weighted by Gasteiger charge is -2.32. The van der Waals surface area contributed by atoms with Crippen LogP contribution in [0.25, 0.3) is 5.69 Å². The van der Waals surface area contributed by atoms with Gasteiger partial charge >= 0.3 is 0 Å². The molecule has 0 unspecified atom stereocenters. The molecule has 1 aromatic heterocycles. The Hall–Kier alpha value is -2.43. The third kappa shape index (κ3) is 2.22. The minimum absolute atomic E-state index is 0.136. The van der Waals surface area contributed by atoms with Crippen molar-refractivity contribution >= 4 is 11.6 Å². The Morgan fingerprint density at radius 1 is 1.18 bits per heavy atom. The average Bonchev–Trinajstić information content (AvgIpc) is 2.38. The number of halogens is 1. The Balaban J connectivity index is 2.38. The van der Waals surface area contributed by atoms with Gasteiger partial charge in [0, 0.05) is 18.2 Å². The SMILES string of the molecule is CC1(C)CC(=O)c2c(n(-c3ccccc3F)c(N)cc2=O)C1. The van der Waals surface area contributed by atoms with Crippen LogP contribution in [0.15, 0.2) is 35.1 Å². The number of aromatic nitrogens is 1. The second-order valence-electron chi connectivity index (χ2n) is 6.48. The minimum Gasteiger partial charge on any atom is -0.385 e. The van der Waals surface area contributed by atoms with Gasteiger partial charge < -0.3 is 5.73 Å². The number of hydrogen-bond donors (Lipinski definition) is 1. The van der Waals surface area contributed by atoms with Gasteiger partial charge in [-0.1, -0.05) is 26.0 Å². The van der Waals surface area contributed by atoms with Crippen molar-refractivity contribution in [3.8, 4) is 5.69 Å². The average molecular weight is 300 g/mol. The maximum absolute atomic E-state index is 14.2. The van der Waals surface area contributed by atoms with Crippen LogP contribution >= 0.6 is 0 Å². The molecule has 0 saturated carbocycles. The molecule has 4 nitrogen and oxygen atoms in total. The number of rotatable bonds is 1. The van der Waals surface area contributed by atoms with E-state index in [4.69, 9.17) is 5.73 Å². The van der Waals surface area contributed by atoms with Crippen LogP contribution < -0.4 is 11.2 Å². The molecule has 22 heavy (non-hydrogen) atoms. The molecular formula is C17H17FN2O2. The van der Waals surface area contributed by atoms with E-state index in [9.17, 15) is 14.0 Å². The molecule has 0 radical (unpaired) electrons. The summed E-state index contributed by atoms with van der Waals surface area (Å²) in [4.78, 5) is 24.5. The number of nitrogens with two attached hydrogens (primary N) is 1. The summed E-state index contributed by atoms with van der Waals surface area (Å²) in [5.74, 6) is -0.517. The first-order valence-corrected chi connectivity index (χ1v) is 7.13. The zero-order valence-electron chi connectivity index (χ0n) is 12.5. The lowest BCUT2D eigenvalue weighted by molar-refractivity contribution is 0.0908. The van der Waals surface area contributed by atoms with Gasteiger partial charge in [0.1, 0.15) is 11.6 Å². The summed E-state index contributed by atoms with van der Waals surface area (Å²) in [6.45, 7) is 3.90. The highest BCUT2D eigenvalue weighted by molar-refractivity contribution is 5.99. The van der Waals surface area contributed by atoms with E-state index in [1.54, 1.807) is 18.2 Å². The molecule has 2 aromatic rings. The first-order chi connectivity index (χ1) is 10.3. The number of fused-ring (bicyclic) bond motifs is 1. The summed E-state index contributed by atoms with van der Waals surface area (Å²) in [6.07, 6.45) is 0.791. The number of ketones is 1. The maximum atomic E-state index is 14.2. The van der Waals surface area contributed by atoms with E-state index >= 15 is 0 Å². The highest BCUT2D eigenvalue weighted by atomic mass is 19.1. The lowest BCUT2D eigenvalue weighted by atomic mass is 9.75. The van der Waals surface area contributed by atoms with Crippen LogP contribution in [-0.4, -0.2) is 10.4 Å². The van der Waals surface area contributed by atoms with E-state index in [1.807, 2.05) is 13.8 Å². The van der Waals surface area contributed by atoms with Crippen molar-refractivity contribution in [3.05, 3.63) is 57.6 Å². The van der Waals surface area contributed by atoms with Crippen molar-refractivity contribution in [2.75, 3.05) is 5.73 Å². The molecule has 0 fully saturated rings. The monoisotopic (exact) mass is 300 g/mol. The molecule has 0 atom stereocenters. The molecule has 3 rings (SSSR count). The molecule has 1 aromatic carbocycles. The van der Waals surface area contributed by atoms with Gasteiger partial charge in [-0.2, -0.15) is 0 Å². The normalized spacial score (nSPS) is 16.4. The molecule has 0 saturated heterocycles. The number of carbonyl (C=O) groups is 1. The molecule has 5 heteroatoms. The van der Waals surface area contributed by atoms with E-state index in [0.717, 1.165) is 0 Å². The fraction of sp³-hybridized carbons (Fsp3) is 0.294. The third-order valence-corrected chi connectivity index (χ3v) is 4.00. The number of nitrogen functional groups attached to an aromatic ring is 1. The second-order valence-corrected chi connectivity index (χ2v) is 6.48. The first-order valence-electron chi connectivity index (χ1n) is 7.13. The topological polar surface area (TPSA) is 65.1 Å². The van der Waals surface area contributed by atoms with E-state index in [1.165, 1.54) is 16.7 Å². The van der Waals surface area contributed by atoms with Gasteiger partial charge in [0.25, 0.3) is 0 Å². The summed E-state index contributed by atoms with van der Waals surface area (Å²) >= 11 is 0. The Morgan fingerprint density at radius 3 is 2.55 bits per heavy atom. The van der Waals surface area contributed by atoms with Crippen molar-refractivity contribution < 1.29 is 9.18 Å². The van der Waals surface area contributed by atoms with Crippen molar-refractivity contribution in [1.82, 2.24) is 4.57 Å². The van der Waals surface area contributed by atoms with Crippen molar-refractivity contribution in [2.24, 2.45) is 5.41 Å². The van der Waals surface area contributed by atoms with Gasteiger partial charge in [-0.25, -0.2) is 4.39 Å². The highest BCUT2D eigenvalue weighted by Crippen LogP contribution is 2.35. The number of nitrogens with zero attached hydrogens (tertiary/aromatic N) is 1. The Morgan fingerprint density at radius 2 is 1.86 bits per heavy atom. The Kier molecular flexibility index (Phi) is 3.16. The van der Waals surface area contributed by atoms with Crippen molar-refractivity contribution in [2.45, 2.75) is 26.7 Å². The summed E-state index contributed by atoms with van der Waals surface area (Å²) in [7, 11) is 0. The third-order valence-electron chi connectivity index (χ3n) is 4.00. The minimum atomic E-state index is -0.448. The number of Topliss-reactive ketones (excluding diaryl/α,β-unsaturated/α-hetero) is 1. The molecule has 2 N–H and O–H groups in total. The zero-order valence-corrected chi connectivity index (χ0v) is 12.5. The van der Waals surface area contributed by atoms with Crippen LogP contribution in [0.5, 0.6) is 0 Å². The van der Waals surface area contributed by atoms with Crippen LogP contribution in [0.2, 0.25) is 0 Å². The fourth-order valence-corrected chi connectivity index (χ4v) is 3.10. The summed E-state index contributed by atoms with van der Waals surface area (Å²) in [5, 5.41) is 0. The van der Waals surface area contributed by atoms with Crippen LogP contribution in [-0.2, 0) is 6.42 Å². The van der Waals surface area contributed by atoms with Crippen LogP contribution in [0, 0.1) is 11.2 Å². The fourth-order valence-electron chi connectivity index (χ4n) is 3.10. The number of para-hydroxylation sites is 1. The second kappa shape index (κ2) is 4.80. The lowest BCUT2D eigenvalue weighted by Crippen LogP contribution is -2.35. The van der Waals surface area contributed by atoms with Gasteiger partial charge in [-0.05, 0) is 24.0 Å². The van der Waals surface area contributed by atoms with Gasteiger partial charge in [-0.3, -0.25) is 14.2 Å². The van der Waals surface area contributed by atoms with Crippen LogP contribution in [0.4, 0.5) is 10.2 Å². The van der Waals surface area contributed by atoms with E-state index in [0.29, 0.717) is 18.5 Å². The molecule has 0 amide bonds. The number of carbonyl (C=O) groups excluding carboxylic acids is 1. The Labute approximate surface area is 127 Å². The predicted octanol–water partition coefficient (Wildman–Crippen LogP) is 2.71. The predicted molar refractivity (Wildman–Crippen MR) is 82.8 cm³/mol. The maximum Gasteiger partial charge on any atom is 0.194 e. The van der Waals surface area contributed by atoms with E-state index in [2.05, 4.69) is 0 Å². The van der Waals surface area contributed by atoms with Gasteiger partial charge in [0.15, 0.2) is 11.2 Å². The Bertz CT molecular complexity index is 837. The smallest absolute Gasteiger partial charge is 0.194 e. The molecular weight excluding hydrogens is 283 g/mol. The first kappa shape index (κ1) is 14.5. The molecule has 1 aliphatic rings. The molecule has 0 bridgehead atoms. The van der Waals surface area contributed by atoms with E-state index in [-0.39, 0.29) is 33.7 Å². The standard InChI is InChI=1S/C17H17FN2O2/c1-17(2)8-12-16(14(22)9-17)13(21)7-15(19)20(12)11-6-4-3-5-10(11)18/h3-7H,8-9,19H2,1-2H3. The number of pyridine rings is 1. The van der Waals surface area contributed by atoms with Crippen LogP contribution in [0.3, 0.4) is 0 Å². The van der Waals surface area contributed by atoms with Crippen molar-refractivity contribution in [3.63, 3.8) is 0 Å². The summed E-state index contributed by atoms with van der Waals surface area (Å²) < 4.78 is 15.7. The summed E-state index contributed by atoms with van der Waals surface area (Å²) in [6, 6.07) is 7.39. The molecule has 1 aliphatic carbocycles. The quantitative estimate of drug-likeness (QED) is 0.880. The van der Waals surface area contributed by atoms with Gasteiger partial charge in [0.05, 0.1) is 11.3 Å². The molecule has 1 heterocycles. The zero-order chi connectivity index (χ0) is 16.1. The highest BCUT2D eigenvalue weighted by Gasteiger charge is 2.35. The number of anilines is 1. The molecule has 114 valence electrons. The summed E-state index contributed by atoms with van der Waals surface area (Å²) in [5.41, 5.74) is 6.17. The van der Waals surface area contributed by atoms with Crippen LogP contribution in [0.1, 0.15) is 36.3 Å². The number of hydrogen-bond acceptors (Lipinski definition) is 3. The molecule has 0 spiro atoms. The van der Waals surface area contributed by atoms with Crippen molar-refractivity contribution in [1.29, 1.82) is 0 Å². The van der Waals surface area contributed by atoms with Gasteiger partial charge in [-0.15, -0.1) is 0 Å².